The maximum absolute atomic E-state index is 15.2. The molecule has 5 rings (SSSR count). The fourth-order valence-electron chi connectivity index (χ4n) is 5.32. The molecule has 2 heterocycles. The minimum atomic E-state index is -4.89. The highest BCUT2D eigenvalue weighted by Crippen LogP contribution is 2.42. The van der Waals surface area contributed by atoms with Crippen LogP contribution in [0.3, 0.4) is 0 Å². The van der Waals surface area contributed by atoms with Crippen LogP contribution >= 0.6 is 0 Å². The molecule has 16 heteroatoms. The topological polar surface area (TPSA) is 112 Å². The van der Waals surface area contributed by atoms with E-state index < -0.39 is 52.4 Å². The van der Waals surface area contributed by atoms with E-state index in [9.17, 15) is 35.5 Å². The third-order valence-corrected chi connectivity index (χ3v) is 8.61. The molecule has 0 amide bonds. The molecule has 0 spiro atoms. The predicted octanol–water partition coefficient (Wildman–Crippen LogP) is 5.83. The smallest absolute Gasteiger partial charge is 0.406 e. The zero-order valence-corrected chi connectivity index (χ0v) is 24.9. The Kier molecular flexibility index (Phi) is 8.33. The molecule has 2 aliphatic rings. The van der Waals surface area contributed by atoms with Crippen LogP contribution in [0.15, 0.2) is 76.4 Å². The summed E-state index contributed by atoms with van der Waals surface area (Å²) in [6.45, 7) is 1.51. The first-order valence-corrected chi connectivity index (χ1v) is 15.4. The highest BCUT2D eigenvalue weighted by molar-refractivity contribution is 7.94. The number of sulfone groups is 1. The van der Waals surface area contributed by atoms with E-state index >= 15 is 4.39 Å². The van der Waals surface area contributed by atoms with Gasteiger partial charge in [-0.15, -0.1) is 18.3 Å². The first-order valence-electron chi connectivity index (χ1n) is 13.5. The number of aliphatic hydroxyl groups excluding tert-OH is 1. The first-order chi connectivity index (χ1) is 21.0. The number of aliphatic hydroxyl groups is 1. The fraction of sp³-hybridized carbons (Fsp3) is 0.345. The fourth-order valence-corrected chi connectivity index (χ4v) is 6.35. The van der Waals surface area contributed by atoms with E-state index in [1.165, 1.54) is 39.8 Å². The third kappa shape index (κ3) is 6.76. The molecule has 2 aromatic heterocycles. The zero-order valence-electron chi connectivity index (χ0n) is 24.1. The van der Waals surface area contributed by atoms with Crippen LogP contribution in [0.4, 0.5) is 26.3 Å². The van der Waals surface area contributed by atoms with Crippen LogP contribution in [0.2, 0.25) is 0 Å². The molecule has 45 heavy (non-hydrogen) atoms. The van der Waals surface area contributed by atoms with Crippen LogP contribution in [-0.4, -0.2) is 63.7 Å². The van der Waals surface area contributed by atoms with Gasteiger partial charge in [-0.3, -0.25) is 0 Å². The SMILES string of the molecule is Cc1cc(C(C)(F)F)nn1C1=CC=C(C2=CC(S(C)(=O)=O)=C(CO)C(F)C2)CC1n1nncc1-c1ccc(OC(F)(F)F)cc1. The van der Waals surface area contributed by atoms with E-state index in [4.69, 9.17) is 0 Å². The lowest BCUT2D eigenvalue weighted by Gasteiger charge is -2.30. The lowest BCUT2D eigenvalue weighted by molar-refractivity contribution is -0.274. The molecule has 0 radical (unpaired) electrons. The van der Waals surface area contributed by atoms with Crippen molar-refractivity contribution in [3.05, 3.63) is 87.8 Å². The normalized spacial score (nSPS) is 19.7. The van der Waals surface area contributed by atoms with Crippen molar-refractivity contribution >= 4 is 15.5 Å². The van der Waals surface area contributed by atoms with Gasteiger partial charge < -0.3 is 9.84 Å². The van der Waals surface area contributed by atoms with Gasteiger partial charge in [0.15, 0.2) is 9.84 Å². The van der Waals surface area contributed by atoms with E-state index in [0.29, 0.717) is 40.7 Å². The summed E-state index contributed by atoms with van der Waals surface area (Å²) in [6, 6.07) is 5.37. The van der Waals surface area contributed by atoms with Gasteiger partial charge in [-0.25, -0.2) is 22.2 Å². The average molecular weight is 656 g/mol. The second kappa shape index (κ2) is 11.6. The molecule has 2 atom stereocenters. The number of aromatic nitrogens is 5. The summed E-state index contributed by atoms with van der Waals surface area (Å²) in [5, 5.41) is 22.0. The van der Waals surface area contributed by atoms with Crippen molar-refractivity contribution in [3.63, 3.8) is 0 Å². The molecule has 0 aliphatic heterocycles. The number of allylic oxidation sites excluding steroid dienone is 6. The molecular weight excluding hydrogens is 628 g/mol. The van der Waals surface area contributed by atoms with Gasteiger partial charge in [0.2, 0.25) is 0 Å². The van der Waals surface area contributed by atoms with Crippen molar-refractivity contribution < 1.29 is 44.6 Å². The first kappa shape index (κ1) is 32.2. The minimum absolute atomic E-state index is 0.0542. The van der Waals surface area contributed by atoms with Crippen LogP contribution in [0, 0.1) is 6.92 Å². The van der Waals surface area contributed by atoms with Gasteiger partial charge in [0, 0.05) is 42.9 Å². The van der Waals surface area contributed by atoms with Gasteiger partial charge in [-0.2, -0.15) is 13.9 Å². The highest BCUT2D eigenvalue weighted by Gasteiger charge is 2.35. The second-order valence-corrected chi connectivity index (χ2v) is 12.8. The van der Waals surface area contributed by atoms with Crippen molar-refractivity contribution in [2.75, 3.05) is 12.9 Å². The number of hydrogen-bond acceptors (Lipinski definition) is 7. The second-order valence-electron chi connectivity index (χ2n) is 10.8. The lowest BCUT2D eigenvalue weighted by Crippen LogP contribution is -2.24. The molecule has 0 fully saturated rings. The summed E-state index contributed by atoms with van der Waals surface area (Å²) < 4.78 is 113. The van der Waals surface area contributed by atoms with E-state index in [0.717, 1.165) is 18.4 Å². The number of alkyl halides is 6. The standard InChI is InChI=1S/C29H27F6N5O4S/c1-16-10-27(28(2,31)32)37-39(16)23-9-6-18(19-11-22(30)21(15-41)26(13-19)45(3,42)43)12-24(23)40-25(14-36-38-40)17-4-7-20(8-5-17)44-29(33,34)35/h4-10,13-14,22,24,41H,11-12,15H2,1-3H3. The Hall–Kier alpha value is -4.18. The van der Waals surface area contributed by atoms with Gasteiger partial charge in [0.1, 0.15) is 23.7 Å². The van der Waals surface area contributed by atoms with E-state index in [1.807, 2.05) is 0 Å². The van der Waals surface area contributed by atoms with Crippen molar-refractivity contribution in [3.8, 4) is 17.0 Å². The Balaban J connectivity index is 1.62. The number of hydrogen-bond donors (Lipinski definition) is 1. The molecule has 0 saturated heterocycles. The third-order valence-electron chi connectivity index (χ3n) is 7.43. The van der Waals surface area contributed by atoms with Gasteiger partial charge in [0.25, 0.3) is 5.92 Å². The predicted molar refractivity (Wildman–Crippen MR) is 151 cm³/mol. The largest absolute Gasteiger partial charge is 0.573 e. The van der Waals surface area contributed by atoms with Gasteiger partial charge in [0.05, 0.1) is 29.1 Å². The van der Waals surface area contributed by atoms with Crippen molar-refractivity contribution in [1.82, 2.24) is 24.8 Å². The zero-order chi connectivity index (χ0) is 32.9. The van der Waals surface area contributed by atoms with E-state index in [2.05, 4.69) is 20.1 Å². The van der Waals surface area contributed by atoms with Gasteiger partial charge in [-0.1, -0.05) is 11.3 Å². The molecule has 1 N–H and O–H groups in total. The maximum Gasteiger partial charge on any atom is 0.573 e. The van der Waals surface area contributed by atoms with Crippen LogP contribution in [0.25, 0.3) is 17.0 Å². The molecule has 0 saturated carbocycles. The van der Waals surface area contributed by atoms with Crippen LogP contribution in [0.1, 0.15) is 37.2 Å². The van der Waals surface area contributed by atoms with Gasteiger partial charge >= 0.3 is 6.36 Å². The molecule has 2 unspecified atom stereocenters. The summed E-state index contributed by atoms with van der Waals surface area (Å²) in [6.07, 6.45) is -0.0533. The molecular formula is C29H27F6N5O4S. The Labute approximate surface area is 253 Å². The molecule has 9 nitrogen and oxygen atoms in total. The van der Waals surface area contributed by atoms with Crippen LogP contribution in [-0.2, 0) is 15.8 Å². The Morgan fingerprint density at radius 3 is 2.33 bits per heavy atom. The lowest BCUT2D eigenvalue weighted by atomic mass is 9.85. The van der Waals surface area contributed by atoms with E-state index in [1.54, 1.807) is 19.1 Å². The Morgan fingerprint density at radius 1 is 1.07 bits per heavy atom. The van der Waals surface area contributed by atoms with Gasteiger partial charge in [-0.05, 0) is 60.6 Å². The van der Waals surface area contributed by atoms with Crippen LogP contribution in [0.5, 0.6) is 5.75 Å². The summed E-state index contributed by atoms with van der Waals surface area (Å²) in [5.41, 5.74) is 1.60. The summed E-state index contributed by atoms with van der Waals surface area (Å²) in [5.74, 6) is -3.70. The molecule has 1 aromatic carbocycles. The average Bonchev–Trinajstić information content (AvgIpc) is 3.58. The Bertz CT molecular complexity index is 1850. The Morgan fingerprint density at radius 2 is 1.76 bits per heavy atom. The van der Waals surface area contributed by atoms with Crippen molar-refractivity contribution in [2.24, 2.45) is 0 Å². The maximum atomic E-state index is 15.2. The molecule has 2 aliphatic carbocycles. The summed E-state index contributed by atoms with van der Waals surface area (Å²) >= 11 is 0. The molecule has 240 valence electrons. The highest BCUT2D eigenvalue weighted by atomic mass is 32.2. The number of nitrogens with zero attached hydrogens (tertiary/aromatic N) is 5. The number of halogens is 6. The number of aryl methyl sites for hydroxylation is 1. The summed E-state index contributed by atoms with van der Waals surface area (Å²) in [7, 11) is -3.91. The van der Waals surface area contributed by atoms with Crippen molar-refractivity contribution in [2.45, 2.75) is 51.2 Å². The van der Waals surface area contributed by atoms with E-state index in [-0.39, 0.29) is 23.3 Å². The number of ether oxygens (including phenoxy) is 1. The van der Waals surface area contributed by atoms with Crippen molar-refractivity contribution in [1.29, 1.82) is 0 Å². The molecule has 3 aromatic rings. The summed E-state index contributed by atoms with van der Waals surface area (Å²) in [4.78, 5) is -0.327. The monoisotopic (exact) mass is 655 g/mol. The van der Waals surface area contributed by atoms with Crippen LogP contribution < -0.4 is 4.74 Å². The molecule has 0 bridgehead atoms. The number of benzene rings is 1. The minimum Gasteiger partial charge on any atom is -0.406 e. The number of rotatable bonds is 8. The quantitative estimate of drug-likeness (QED) is 0.304.